The van der Waals surface area contributed by atoms with Crippen LogP contribution in [-0.2, 0) is 0 Å². The number of carbonyl (C=O) groups excluding carboxylic acids is 1. The summed E-state index contributed by atoms with van der Waals surface area (Å²) in [6, 6.07) is 7.65. The first-order chi connectivity index (χ1) is 10.6. The molecule has 1 aromatic heterocycles. The fourth-order valence-corrected chi connectivity index (χ4v) is 3.03. The Balaban J connectivity index is 1.82. The van der Waals surface area contributed by atoms with Crippen molar-refractivity contribution in [3.63, 3.8) is 0 Å². The van der Waals surface area contributed by atoms with Crippen LogP contribution in [0.3, 0.4) is 0 Å². The van der Waals surface area contributed by atoms with Crippen molar-refractivity contribution in [3.05, 3.63) is 47.2 Å². The molecule has 22 heavy (non-hydrogen) atoms. The molecule has 2 heterocycles. The molecule has 1 atom stereocenters. The summed E-state index contributed by atoms with van der Waals surface area (Å²) in [7, 11) is 2.08. The molecule has 0 N–H and O–H groups in total. The molecular formula is C16H19ClN4O. The van der Waals surface area contributed by atoms with E-state index in [0.29, 0.717) is 10.6 Å². The monoisotopic (exact) mass is 318 g/mol. The Labute approximate surface area is 135 Å². The molecule has 6 heteroatoms. The molecule has 0 radical (unpaired) electrons. The minimum absolute atomic E-state index is 0.0268. The van der Waals surface area contributed by atoms with Crippen LogP contribution < -0.4 is 0 Å². The summed E-state index contributed by atoms with van der Waals surface area (Å²) >= 11 is 6.17. The largest absolute Gasteiger partial charge is 0.333 e. The molecule has 116 valence electrons. The van der Waals surface area contributed by atoms with Gasteiger partial charge in [-0.1, -0.05) is 23.7 Å². The molecule has 3 rings (SSSR count). The molecule has 1 aliphatic rings. The maximum atomic E-state index is 12.7. The van der Waals surface area contributed by atoms with Gasteiger partial charge in [0.25, 0.3) is 5.91 Å². The van der Waals surface area contributed by atoms with Gasteiger partial charge in [0.05, 0.1) is 22.5 Å². The number of piperazine rings is 1. The second kappa shape index (κ2) is 6.10. The van der Waals surface area contributed by atoms with Crippen molar-refractivity contribution in [2.24, 2.45) is 0 Å². The summed E-state index contributed by atoms with van der Waals surface area (Å²) < 4.78 is 1.65. The van der Waals surface area contributed by atoms with Crippen LogP contribution in [0.15, 0.2) is 36.7 Å². The number of halogens is 1. The number of amides is 1. The van der Waals surface area contributed by atoms with E-state index in [2.05, 4.69) is 24.0 Å². The van der Waals surface area contributed by atoms with Crippen molar-refractivity contribution in [1.82, 2.24) is 19.6 Å². The van der Waals surface area contributed by atoms with Crippen LogP contribution in [-0.4, -0.2) is 58.2 Å². The van der Waals surface area contributed by atoms with Crippen LogP contribution in [0.25, 0.3) is 5.69 Å². The van der Waals surface area contributed by atoms with Crippen LogP contribution >= 0.6 is 11.6 Å². The van der Waals surface area contributed by atoms with Gasteiger partial charge in [-0.3, -0.25) is 4.79 Å². The Bertz CT molecular complexity index is 684. The number of likely N-dealkylation sites (N-methyl/N-ethyl adjacent to an activating group) is 1. The Morgan fingerprint density at radius 2 is 2.09 bits per heavy atom. The Hall–Kier alpha value is -1.85. The second-order valence-corrected chi connectivity index (χ2v) is 6.14. The summed E-state index contributed by atoms with van der Waals surface area (Å²) in [6.07, 6.45) is 3.35. The van der Waals surface area contributed by atoms with Crippen molar-refractivity contribution in [1.29, 1.82) is 0 Å². The Kier molecular flexibility index (Phi) is 4.18. The maximum absolute atomic E-state index is 12.7. The maximum Gasteiger partial charge on any atom is 0.257 e. The number of rotatable bonds is 2. The number of hydrogen-bond acceptors (Lipinski definition) is 3. The van der Waals surface area contributed by atoms with Gasteiger partial charge in [0.2, 0.25) is 0 Å². The first-order valence-electron chi connectivity index (χ1n) is 7.35. The molecule has 0 spiro atoms. The highest BCUT2D eigenvalue weighted by atomic mass is 35.5. The smallest absolute Gasteiger partial charge is 0.257 e. The van der Waals surface area contributed by atoms with Gasteiger partial charge in [0, 0.05) is 31.9 Å². The molecule has 1 fully saturated rings. The first kappa shape index (κ1) is 15.1. The highest BCUT2D eigenvalue weighted by Crippen LogP contribution is 2.20. The Morgan fingerprint density at radius 1 is 1.32 bits per heavy atom. The van der Waals surface area contributed by atoms with Crippen LogP contribution in [0.1, 0.15) is 17.3 Å². The topological polar surface area (TPSA) is 41.4 Å². The SMILES string of the molecule is C[C@H]1CN(C)CCN1C(=O)c1cnn(-c2ccccc2Cl)c1. The van der Waals surface area contributed by atoms with Gasteiger partial charge in [-0.15, -0.1) is 0 Å². The van der Waals surface area contributed by atoms with Crippen molar-refractivity contribution < 1.29 is 4.79 Å². The van der Waals surface area contributed by atoms with E-state index in [0.717, 1.165) is 25.3 Å². The molecular weight excluding hydrogens is 300 g/mol. The number of carbonyl (C=O) groups is 1. The molecule has 2 aromatic rings. The van der Waals surface area contributed by atoms with Gasteiger partial charge in [-0.05, 0) is 26.1 Å². The summed E-state index contributed by atoms with van der Waals surface area (Å²) in [5, 5.41) is 4.89. The fraction of sp³-hybridized carbons (Fsp3) is 0.375. The molecule has 1 aromatic carbocycles. The Morgan fingerprint density at radius 3 is 2.82 bits per heavy atom. The summed E-state index contributed by atoms with van der Waals surface area (Å²) in [4.78, 5) is 16.8. The molecule has 1 aliphatic heterocycles. The van der Waals surface area contributed by atoms with Crippen molar-refractivity contribution >= 4 is 17.5 Å². The number of hydrogen-bond donors (Lipinski definition) is 0. The third kappa shape index (κ3) is 2.87. The minimum Gasteiger partial charge on any atom is -0.333 e. The lowest BCUT2D eigenvalue weighted by atomic mass is 10.1. The van der Waals surface area contributed by atoms with Crippen molar-refractivity contribution in [2.75, 3.05) is 26.7 Å². The van der Waals surface area contributed by atoms with Gasteiger partial charge >= 0.3 is 0 Å². The zero-order chi connectivity index (χ0) is 15.7. The lowest BCUT2D eigenvalue weighted by Crippen LogP contribution is -2.52. The van der Waals surface area contributed by atoms with E-state index in [1.807, 2.05) is 29.2 Å². The lowest BCUT2D eigenvalue weighted by molar-refractivity contribution is 0.0533. The van der Waals surface area contributed by atoms with Gasteiger partial charge in [0.1, 0.15) is 0 Å². The van der Waals surface area contributed by atoms with Crippen molar-refractivity contribution in [2.45, 2.75) is 13.0 Å². The summed E-state index contributed by atoms with van der Waals surface area (Å²) in [5.74, 6) is 0.0268. The highest BCUT2D eigenvalue weighted by molar-refractivity contribution is 6.32. The zero-order valence-corrected chi connectivity index (χ0v) is 13.5. The molecule has 1 saturated heterocycles. The third-order valence-corrected chi connectivity index (χ3v) is 4.34. The van der Waals surface area contributed by atoms with Gasteiger partial charge in [0.15, 0.2) is 0 Å². The fourth-order valence-electron chi connectivity index (χ4n) is 2.81. The summed E-state index contributed by atoms with van der Waals surface area (Å²) in [5.41, 5.74) is 1.37. The normalized spacial score (nSPS) is 19.4. The molecule has 0 aliphatic carbocycles. The average molecular weight is 319 g/mol. The molecule has 0 unspecified atom stereocenters. The number of para-hydroxylation sites is 1. The van der Waals surface area contributed by atoms with E-state index < -0.39 is 0 Å². The molecule has 0 bridgehead atoms. The number of aromatic nitrogens is 2. The van der Waals surface area contributed by atoms with Gasteiger partial charge < -0.3 is 9.80 Å². The summed E-state index contributed by atoms with van der Waals surface area (Å²) in [6.45, 7) is 4.61. The number of benzene rings is 1. The predicted molar refractivity (Wildman–Crippen MR) is 86.6 cm³/mol. The van der Waals surface area contributed by atoms with Crippen LogP contribution in [0.4, 0.5) is 0 Å². The minimum atomic E-state index is 0.0268. The number of nitrogens with zero attached hydrogens (tertiary/aromatic N) is 4. The zero-order valence-electron chi connectivity index (χ0n) is 12.7. The van der Waals surface area contributed by atoms with Gasteiger partial charge in [-0.25, -0.2) is 4.68 Å². The van der Waals surface area contributed by atoms with Crippen LogP contribution in [0.2, 0.25) is 5.02 Å². The van der Waals surface area contributed by atoms with Crippen LogP contribution in [0.5, 0.6) is 0 Å². The van der Waals surface area contributed by atoms with Crippen LogP contribution in [0, 0.1) is 0 Å². The highest BCUT2D eigenvalue weighted by Gasteiger charge is 2.27. The van der Waals surface area contributed by atoms with E-state index >= 15 is 0 Å². The van der Waals surface area contributed by atoms with E-state index in [4.69, 9.17) is 11.6 Å². The molecule has 1 amide bonds. The van der Waals surface area contributed by atoms with Gasteiger partial charge in [-0.2, -0.15) is 5.10 Å². The lowest BCUT2D eigenvalue weighted by Gasteiger charge is -2.38. The third-order valence-electron chi connectivity index (χ3n) is 4.02. The van der Waals surface area contributed by atoms with E-state index in [1.54, 1.807) is 17.1 Å². The second-order valence-electron chi connectivity index (χ2n) is 5.73. The quantitative estimate of drug-likeness (QED) is 0.853. The van der Waals surface area contributed by atoms with E-state index in [1.165, 1.54) is 0 Å². The average Bonchev–Trinajstić information content (AvgIpc) is 2.97. The molecule has 0 saturated carbocycles. The van der Waals surface area contributed by atoms with E-state index in [9.17, 15) is 4.79 Å². The van der Waals surface area contributed by atoms with Crippen molar-refractivity contribution in [3.8, 4) is 5.69 Å². The predicted octanol–water partition coefficient (Wildman–Crippen LogP) is 2.30. The van der Waals surface area contributed by atoms with E-state index in [-0.39, 0.29) is 11.9 Å². The standard InChI is InChI=1S/C16H19ClN4O/c1-12-10-19(2)7-8-20(12)16(22)13-9-18-21(11-13)15-6-4-3-5-14(15)17/h3-6,9,11-12H,7-8,10H2,1-2H3/t12-/m0/s1. The molecule has 5 nitrogen and oxygen atoms in total. The first-order valence-corrected chi connectivity index (χ1v) is 7.73.